The van der Waals surface area contributed by atoms with Gasteiger partial charge >= 0.3 is 0 Å². The van der Waals surface area contributed by atoms with E-state index in [1.807, 2.05) is 0 Å². The van der Waals surface area contributed by atoms with Gasteiger partial charge in [-0.1, -0.05) is 48.0 Å². The van der Waals surface area contributed by atoms with Crippen molar-refractivity contribution < 1.29 is 4.74 Å². The minimum absolute atomic E-state index is 0.624. The van der Waals surface area contributed by atoms with E-state index >= 15 is 0 Å². The normalized spacial score (nSPS) is 14.2. The Balaban J connectivity index is 1.39. The molecule has 2 nitrogen and oxygen atoms in total. The molecule has 0 saturated heterocycles. The van der Waals surface area contributed by atoms with Crippen LogP contribution in [0.1, 0.15) is 48.8 Å². The molecule has 0 bridgehead atoms. The summed E-state index contributed by atoms with van der Waals surface area (Å²) in [4.78, 5) is 0. The van der Waals surface area contributed by atoms with Crippen LogP contribution in [-0.2, 0) is 13.2 Å². The molecule has 0 aromatic heterocycles. The molecule has 0 fully saturated rings. The molecule has 2 heteroatoms. The number of aryl methyl sites for hydroxylation is 1. The van der Waals surface area contributed by atoms with Crippen LogP contribution in [-0.4, -0.2) is 6.54 Å². The first kappa shape index (κ1) is 17.8. The molecule has 2 aromatic rings. The lowest BCUT2D eigenvalue weighted by atomic mass is 9.97. The van der Waals surface area contributed by atoms with Gasteiger partial charge in [0.15, 0.2) is 0 Å². The molecule has 25 heavy (non-hydrogen) atoms. The summed E-state index contributed by atoms with van der Waals surface area (Å²) in [5, 5.41) is 3.55. The molecule has 0 radical (unpaired) electrons. The second-order valence-corrected chi connectivity index (χ2v) is 6.89. The SMILES string of the molecule is Cc1ccccc1COc1ccc(CNCCC2=CCCCC2)cc1. The fourth-order valence-corrected chi connectivity index (χ4v) is 3.25. The van der Waals surface area contributed by atoms with Gasteiger partial charge in [-0.2, -0.15) is 0 Å². The predicted molar refractivity (Wildman–Crippen MR) is 105 cm³/mol. The first-order chi connectivity index (χ1) is 12.3. The van der Waals surface area contributed by atoms with E-state index in [-0.39, 0.29) is 0 Å². The number of hydrogen-bond acceptors (Lipinski definition) is 2. The lowest BCUT2D eigenvalue weighted by molar-refractivity contribution is 0.305. The average molecular weight is 335 g/mol. The van der Waals surface area contributed by atoms with Crippen molar-refractivity contribution in [2.24, 2.45) is 0 Å². The maximum absolute atomic E-state index is 5.90. The summed E-state index contributed by atoms with van der Waals surface area (Å²) in [7, 11) is 0. The Kier molecular flexibility index (Phi) is 6.70. The molecule has 0 saturated carbocycles. The monoisotopic (exact) mass is 335 g/mol. The van der Waals surface area contributed by atoms with Crippen LogP contribution in [0.5, 0.6) is 5.75 Å². The third kappa shape index (κ3) is 5.75. The molecule has 0 heterocycles. The number of hydrogen-bond donors (Lipinski definition) is 1. The molecule has 0 spiro atoms. The fraction of sp³-hybridized carbons (Fsp3) is 0.391. The van der Waals surface area contributed by atoms with Gasteiger partial charge in [0, 0.05) is 6.54 Å². The lowest BCUT2D eigenvalue weighted by Gasteiger charge is -2.13. The molecule has 0 aliphatic heterocycles. The van der Waals surface area contributed by atoms with E-state index < -0.39 is 0 Å². The van der Waals surface area contributed by atoms with Gasteiger partial charge in [-0.05, 0) is 74.4 Å². The quantitative estimate of drug-likeness (QED) is 0.504. The van der Waals surface area contributed by atoms with Crippen molar-refractivity contribution in [2.75, 3.05) is 6.54 Å². The summed E-state index contributed by atoms with van der Waals surface area (Å²) in [5.74, 6) is 0.930. The Hall–Kier alpha value is -2.06. The summed E-state index contributed by atoms with van der Waals surface area (Å²) in [6.45, 7) is 4.74. The van der Waals surface area contributed by atoms with Crippen LogP contribution in [0.3, 0.4) is 0 Å². The van der Waals surface area contributed by atoms with Crippen molar-refractivity contribution in [2.45, 2.75) is 52.2 Å². The van der Waals surface area contributed by atoms with Crippen LogP contribution in [0.4, 0.5) is 0 Å². The second kappa shape index (κ2) is 9.43. The first-order valence-corrected chi connectivity index (χ1v) is 9.46. The lowest BCUT2D eigenvalue weighted by Crippen LogP contribution is -2.15. The van der Waals surface area contributed by atoms with Crippen LogP contribution in [0.25, 0.3) is 0 Å². The smallest absolute Gasteiger partial charge is 0.119 e. The van der Waals surface area contributed by atoms with Crippen LogP contribution >= 0.6 is 0 Å². The average Bonchev–Trinajstić information content (AvgIpc) is 2.66. The molecule has 3 rings (SSSR count). The largest absolute Gasteiger partial charge is 0.489 e. The van der Waals surface area contributed by atoms with E-state index in [4.69, 9.17) is 4.74 Å². The molecule has 1 aliphatic rings. The molecule has 0 atom stereocenters. The summed E-state index contributed by atoms with van der Waals surface area (Å²) in [5.41, 5.74) is 5.46. The Labute approximate surface area is 151 Å². The Morgan fingerprint density at radius 1 is 1.00 bits per heavy atom. The Morgan fingerprint density at radius 3 is 2.60 bits per heavy atom. The van der Waals surface area contributed by atoms with E-state index in [2.05, 4.69) is 66.8 Å². The van der Waals surface area contributed by atoms with Gasteiger partial charge in [-0.25, -0.2) is 0 Å². The highest BCUT2D eigenvalue weighted by Crippen LogP contribution is 2.19. The van der Waals surface area contributed by atoms with E-state index in [1.54, 1.807) is 5.57 Å². The topological polar surface area (TPSA) is 21.3 Å². The van der Waals surface area contributed by atoms with Crippen molar-refractivity contribution >= 4 is 0 Å². The molecule has 1 N–H and O–H groups in total. The van der Waals surface area contributed by atoms with Crippen LogP contribution in [0, 0.1) is 6.92 Å². The maximum atomic E-state index is 5.90. The van der Waals surface area contributed by atoms with Crippen LogP contribution < -0.4 is 10.1 Å². The highest BCUT2D eigenvalue weighted by molar-refractivity contribution is 5.29. The van der Waals surface area contributed by atoms with E-state index in [9.17, 15) is 0 Å². The number of allylic oxidation sites excluding steroid dienone is 1. The molecule has 132 valence electrons. The van der Waals surface area contributed by atoms with Gasteiger partial charge in [0.1, 0.15) is 12.4 Å². The van der Waals surface area contributed by atoms with Gasteiger partial charge in [-0.15, -0.1) is 0 Å². The van der Waals surface area contributed by atoms with Crippen LogP contribution in [0.15, 0.2) is 60.2 Å². The third-order valence-electron chi connectivity index (χ3n) is 4.92. The zero-order chi connectivity index (χ0) is 17.3. The Bertz CT molecular complexity index is 687. The number of nitrogens with one attached hydrogen (secondary N) is 1. The van der Waals surface area contributed by atoms with Gasteiger partial charge in [0.25, 0.3) is 0 Å². The number of benzene rings is 2. The van der Waals surface area contributed by atoms with E-state index in [0.29, 0.717) is 6.61 Å². The zero-order valence-corrected chi connectivity index (χ0v) is 15.3. The summed E-state index contributed by atoms with van der Waals surface area (Å²) < 4.78 is 5.90. The molecule has 2 aromatic carbocycles. The van der Waals surface area contributed by atoms with E-state index in [0.717, 1.165) is 18.8 Å². The van der Waals surface area contributed by atoms with Crippen LogP contribution in [0.2, 0.25) is 0 Å². The molecule has 1 aliphatic carbocycles. The molecular formula is C23H29NO. The standard InChI is InChI=1S/C23H29NO/c1-19-7-5-6-10-22(19)18-25-23-13-11-21(12-14-23)17-24-16-15-20-8-3-2-4-9-20/h5-8,10-14,24H,2-4,9,15-18H2,1H3. The van der Waals surface area contributed by atoms with Crippen molar-refractivity contribution in [3.8, 4) is 5.75 Å². The predicted octanol–water partition coefficient (Wildman–Crippen LogP) is 5.55. The second-order valence-electron chi connectivity index (χ2n) is 6.89. The highest BCUT2D eigenvalue weighted by Gasteiger charge is 2.03. The zero-order valence-electron chi connectivity index (χ0n) is 15.3. The highest BCUT2D eigenvalue weighted by atomic mass is 16.5. The third-order valence-corrected chi connectivity index (χ3v) is 4.92. The van der Waals surface area contributed by atoms with E-state index in [1.165, 1.54) is 48.8 Å². The molecule has 0 unspecified atom stereocenters. The number of rotatable bonds is 8. The minimum Gasteiger partial charge on any atom is -0.489 e. The van der Waals surface area contributed by atoms with Gasteiger partial charge < -0.3 is 10.1 Å². The van der Waals surface area contributed by atoms with Crippen molar-refractivity contribution in [3.63, 3.8) is 0 Å². The van der Waals surface area contributed by atoms with Crippen molar-refractivity contribution in [1.82, 2.24) is 5.32 Å². The maximum Gasteiger partial charge on any atom is 0.119 e. The fourth-order valence-electron chi connectivity index (χ4n) is 3.25. The number of ether oxygens (including phenoxy) is 1. The summed E-state index contributed by atoms with van der Waals surface area (Å²) >= 11 is 0. The molecule has 0 amide bonds. The summed E-state index contributed by atoms with van der Waals surface area (Å²) in [6, 6.07) is 16.8. The minimum atomic E-state index is 0.624. The van der Waals surface area contributed by atoms with Crippen molar-refractivity contribution in [1.29, 1.82) is 0 Å². The van der Waals surface area contributed by atoms with Gasteiger partial charge in [0.05, 0.1) is 0 Å². The summed E-state index contributed by atoms with van der Waals surface area (Å²) in [6.07, 6.45) is 8.95. The first-order valence-electron chi connectivity index (χ1n) is 9.46. The van der Waals surface area contributed by atoms with Gasteiger partial charge in [-0.3, -0.25) is 0 Å². The molecular weight excluding hydrogens is 306 g/mol. The van der Waals surface area contributed by atoms with Gasteiger partial charge in [0.2, 0.25) is 0 Å². The Morgan fingerprint density at radius 2 is 1.84 bits per heavy atom. The van der Waals surface area contributed by atoms with Crippen molar-refractivity contribution in [3.05, 3.63) is 76.9 Å².